The highest BCUT2D eigenvalue weighted by Crippen LogP contribution is 2.24. The summed E-state index contributed by atoms with van der Waals surface area (Å²) in [5.74, 6) is 0.776. The summed E-state index contributed by atoms with van der Waals surface area (Å²) in [4.78, 5) is 2.63. The number of hydrogen-bond acceptors (Lipinski definition) is 2. The summed E-state index contributed by atoms with van der Waals surface area (Å²) in [6.07, 6.45) is 20.3. The first-order valence-electron chi connectivity index (χ1n) is 13.1. The summed E-state index contributed by atoms with van der Waals surface area (Å²) in [6, 6.07) is 0. The van der Waals surface area contributed by atoms with Crippen LogP contribution in [0.3, 0.4) is 0 Å². The Labute approximate surface area is 182 Å². The average molecular weight is 410 g/mol. The molecule has 0 radical (unpaired) electrons. The van der Waals surface area contributed by atoms with Crippen LogP contribution in [0.2, 0.25) is 10.6 Å². The van der Waals surface area contributed by atoms with Gasteiger partial charge < -0.3 is 8.69 Å². The molecule has 3 heteroatoms. The first-order valence-corrected chi connectivity index (χ1v) is 15.2. The van der Waals surface area contributed by atoms with E-state index >= 15 is 0 Å². The maximum Gasteiger partial charge on any atom is 0.460 e. The van der Waals surface area contributed by atoms with Gasteiger partial charge in [-0.05, 0) is 38.8 Å². The van der Waals surface area contributed by atoms with E-state index in [4.69, 9.17) is 3.79 Å². The maximum atomic E-state index is 6.85. The van der Waals surface area contributed by atoms with E-state index in [1.807, 2.05) is 0 Å². The zero-order valence-corrected chi connectivity index (χ0v) is 21.2. The van der Waals surface area contributed by atoms with Gasteiger partial charge in [0.25, 0.3) is 0 Å². The molecule has 0 spiro atoms. The zero-order chi connectivity index (χ0) is 20.5. The quantitative estimate of drug-likeness (QED) is 0.169. The van der Waals surface area contributed by atoms with Gasteiger partial charge in [-0.1, -0.05) is 108 Å². The zero-order valence-electron chi connectivity index (χ0n) is 20.0. The Hall–Kier alpha value is 0.452. The minimum absolute atomic E-state index is 0.492. The number of piperidine rings is 1. The number of unbranched alkanes of at least 4 members (excludes halogenated alkanes) is 10. The van der Waals surface area contributed by atoms with E-state index in [1.165, 1.54) is 120 Å². The molecule has 1 rings (SSSR count). The van der Waals surface area contributed by atoms with Crippen molar-refractivity contribution in [3.05, 3.63) is 0 Å². The van der Waals surface area contributed by atoms with Crippen LogP contribution in [0.1, 0.15) is 118 Å². The van der Waals surface area contributed by atoms with Gasteiger partial charge in [0.15, 0.2) is 0 Å². The van der Waals surface area contributed by atoms with Gasteiger partial charge in [-0.15, -0.1) is 0 Å². The fourth-order valence-corrected chi connectivity index (χ4v) is 7.64. The van der Waals surface area contributed by atoms with Gasteiger partial charge >= 0.3 is 14.5 Å². The van der Waals surface area contributed by atoms with Crippen LogP contribution in [0.25, 0.3) is 0 Å². The van der Waals surface area contributed by atoms with Gasteiger partial charge in [-0.25, -0.2) is 0 Å². The summed E-state index contributed by atoms with van der Waals surface area (Å²) < 4.78 is 6.85. The van der Waals surface area contributed by atoms with Gasteiger partial charge in [0.1, 0.15) is 0 Å². The molecule has 0 aromatic rings. The molecule has 0 aromatic carbocycles. The van der Waals surface area contributed by atoms with Gasteiger partial charge in [-0.3, -0.25) is 0 Å². The highest BCUT2D eigenvalue weighted by molar-refractivity contribution is 6.51. The Morgan fingerprint density at radius 3 is 1.89 bits per heavy atom. The Morgan fingerprint density at radius 2 is 1.36 bits per heavy atom. The summed E-state index contributed by atoms with van der Waals surface area (Å²) >= 11 is -1.03. The molecular formula is C25H52AlNO. The molecule has 2 nitrogen and oxygen atoms in total. The first kappa shape index (κ1) is 26.5. The molecule has 1 heterocycles. The largest absolute Gasteiger partial charge is 0.498 e. The van der Waals surface area contributed by atoms with Gasteiger partial charge in [-0.2, -0.15) is 0 Å². The average Bonchev–Trinajstić information content (AvgIpc) is 2.72. The number of hydrogen-bond donors (Lipinski definition) is 0. The van der Waals surface area contributed by atoms with E-state index in [0.29, 0.717) is 6.10 Å². The van der Waals surface area contributed by atoms with Crippen molar-refractivity contribution in [2.45, 2.75) is 134 Å². The van der Waals surface area contributed by atoms with Crippen molar-refractivity contribution in [2.24, 2.45) is 5.92 Å². The Bertz CT molecular complexity index is 323. The minimum atomic E-state index is -1.03. The van der Waals surface area contributed by atoms with Crippen molar-refractivity contribution in [1.82, 2.24) is 4.90 Å². The molecule has 166 valence electrons. The smallest absolute Gasteiger partial charge is 0.460 e. The normalized spacial score (nSPS) is 19.1. The second kappa shape index (κ2) is 18.2. The van der Waals surface area contributed by atoms with Crippen molar-refractivity contribution in [1.29, 1.82) is 0 Å². The predicted octanol–water partition coefficient (Wildman–Crippen LogP) is 7.84. The van der Waals surface area contributed by atoms with Crippen LogP contribution in [0.4, 0.5) is 0 Å². The second-order valence-electron chi connectivity index (χ2n) is 9.37. The molecular weight excluding hydrogens is 357 g/mol. The molecule has 28 heavy (non-hydrogen) atoms. The first-order chi connectivity index (χ1) is 13.7. The van der Waals surface area contributed by atoms with Crippen molar-refractivity contribution < 1.29 is 3.79 Å². The molecule has 0 aromatic heterocycles. The SMILES string of the molecule is CCCCCCC[CH2][Al]([CH2]CCCCCCC)[O]C(C)C1CCCN(CC)C1. The summed E-state index contributed by atoms with van der Waals surface area (Å²) in [7, 11) is 0. The predicted molar refractivity (Wildman–Crippen MR) is 128 cm³/mol. The van der Waals surface area contributed by atoms with Crippen LogP contribution in [0.15, 0.2) is 0 Å². The third-order valence-corrected chi connectivity index (χ3v) is 9.74. The third-order valence-electron chi connectivity index (χ3n) is 6.82. The van der Waals surface area contributed by atoms with Gasteiger partial charge in [0.2, 0.25) is 0 Å². The lowest BCUT2D eigenvalue weighted by Crippen LogP contribution is -2.41. The summed E-state index contributed by atoms with van der Waals surface area (Å²) in [6.45, 7) is 13.1. The van der Waals surface area contributed by atoms with E-state index < -0.39 is 14.5 Å². The lowest BCUT2D eigenvalue weighted by molar-refractivity contribution is 0.0788. The van der Waals surface area contributed by atoms with Crippen molar-refractivity contribution >= 4 is 14.5 Å². The molecule has 2 atom stereocenters. The maximum absolute atomic E-state index is 6.85. The molecule has 1 aliphatic heterocycles. The fraction of sp³-hybridized carbons (Fsp3) is 1.00. The van der Waals surface area contributed by atoms with Gasteiger partial charge in [0, 0.05) is 12.6 Å². The van der Waals surface area contributed by atoms with E-state index in [-0.39, 0.29) is 0 Å². The minimum Gasteiger partial charge on any atom is -0.498 e. The number of rotatable bonds is 18. The van der Waals surface area contributed by atoms with Crippen LogP contribution >= 0.6 is 0 Å². The highest BCUT2D eigenvalue weighted by Gasteiger charge is 2.28. The standard InChI is InChI=1S/C9H18NO.2C8H17.Al/c1-3-10-6-4-5-9(7-10)8(2)11;2*1-3-5-7-8-6-4-2;/h8-9H,3-7H2,1-2H3;2*1,3-8H2,2H3;/q-1;;;+1. The van der Waals surface area contributed by atoms with Crippen molar-refractivity contribution in [3.8, 4) is 0 Å². The van der Waals surface area contributed by atoms with Crippen LogP contribution < -0.4 is 0 Å². The van der Waals surface area contributed by atoms with Crippen molar-refractivity contribution in [2.75, 3.05) is 19.6 Å². The Kier molecular flexibility index (Phi) is 17.3. The molecule has 0 N–H and O–H groups in total. The number of likely N-dealkylation sites (tertiary alicyclic amines) is 1. The second-order valence-corrected chi connectivity index (χ2v) is 12.0. The van der Waals surface area contributed by atoms with E-state index in [0.717, 1.165) is 5.92 Å². The van der Waals surface area contributed by atoms with E-state index in [1.54, 1.807) is 0 Å². The third kappa shape index (κ3) is 12.9. The lowest BCUT2D eigenvalue weighted by Gasteiger charge is -2.36. The molecule has 0 saturated carbocycles. The Balaban J connectivity index is 2.35. The molecule has 1 fully saturated rings. The lowest BCUT2D eigenvalue weighted by atomic mass is 9.93. The van der Waals surface area contributed by atoms with Crippen LogP contribution in [-0.4, -0.2) is 45.1 Å². The van der Waals surface area contributed by atoms with Crippen LogP contribution in [0.5, 0.6) is 0 Å². The molecule has 1 aliphatic rings. The molecule has 0 aliphatic carbocycles. The molecule has 1 saturated heterocycles. The van der Waals surface area contributed by atoms with Gasteiger partial charge in [0.05, 0.1) is 0 Å². The number of nitrogens with zero attached hydrogens (tertiary/aromatic N) is 1. The van der Waals surface area contributed by atoms with E-state index in [2.05, 4.69) is 32.6 Å². The molecule has 2 unspecified atom stereocenters. The molecule has 0 bridgehead atoms. The topological polar surface area (TPSA) is 12.5 Å². The van der Waals surface area contributed by atoms with Crippen LogP contribution in [-0.2, 0) is 3.79 Å². The summed E-state index contributed by atoms with van der Waals surface area (Å²) in [5, 5.41) is 2.85. The monoisotopic (exact) mass is 409 g/mol. The fourth-order valence-electron chi connectivity index (χ4n) is 4.76. The van der Waals surface area contributed by atoms with E-state index in [9.17, 15) is 0 Å². The van der Waals surface area contributed by atoms with Crippen molar-refractivity contribution in [3.63, 3.8) is 0 Å². The molecule has 0 amide bonds. The summed E-state index contributed by atoms with van der Waals surface area (Å²) in [5.41, 5.74) is 0. The van der Waals surface area contributed by atoms with Crippen LogP contribution in [0, 0.1) is 5.92 Å². The highest BCUT2D eigenvalue weighted by atomic mass is 27.2. The Morgan fingerprint density at radius 1 is 0.821 bits per heavy atom.